The van der Waals surface area contributed by atoms with Crippen LogP contribution in [0.5, 0.6) is 0 Å². The number of ketones is 1. The van der Waals surface area contributed by atoms with Crippen molar-refractivity contribution in [3.05, 3.63) is 41.7 Å². The first-order valence-corrected chi connectivity index (χ1v) is 11.1. The van der Waals surface area contributed by atoms with Crippen molar-refractivity contribution < 1.29 is 4.79 Å². The molecule has 0 N–H and O–H groups in total. The highest BCUT2D eigenvalue weighted by molar-refractivity contribution is 8.00. The average molecular weight is 385 g/mol. The molecule has 5 nitrogen and oxygen atoms in total. The number of aromatic nitrogens is 3. The summed E-state index contributed by atoms with van der Waals surface area (Å²) in [7, 11) is 0. The number of hydrogen-bond acceptors (Lipinski definition) is 5. The van der Waals surface area contributed by atoms with Gasteiger partial charge in [-0.2, -0.15) is 0 Å². The lowest BCUT2D eigenvalue weighted by Crippen LogP contribution is -2.30. The third kappa shape index (κ3) is 4.79. The zero-order valence-corrected chi connectivity index (χ0v) is 16.7. The number of carbonyl (C=O) groups excluding carboxylic acids is 1. The van der Waals surface area contributed by atoms with E-state index in [1.54, 1.807) is 11.8 Å². The minimum atomic E-state index is 0.0420. The number of rotatable bonds is 6. The normalized spacial score (nSPS) is 21.5. The minimum Gasteiger partial charge on any atom is -0.300 e. The molecule has 2 aliphatic rings. The summed E-state index contributed by atoms with van der Waals surface area (Å²) in [5.74, 6) is 1.39. The van der Waals surface area contributed by atoms with E-state index in [-0.39, 0.29) is 5.25 Å². The molecule has 2 aromatic rings. The monoisotopic (exact) mass is 384 g/mol. The van der Waals surface area contributed by atoms with E-state index in [2.05, 4.69) is 43.9 Å². The molecule has 1 aromatic carbocycles. The molecule has 6 heteroatoms. The van der Waals surface area contributed by atoms with Gasteiger partial charge in [0.1, 0.15) is 11.6 Å². The zero-order valence-electron chi connectivity index (χ0n) is 15.8. The van der Waals surface area contributed by atoms with Crippen molar-refractivity contribution in [2.24, 2.45) is 0 Å². The van der Waals surface area contributed by atoms with E-state index < -0.39 is 0 Å². The van der Waals surface area contributed by atoms with Gasteiger partial charge in [-0.1, -0.05) is 54.9 Å². The van der Waals surface area contributed by atoms with Crippen LogP contribution in [0.3, 0.4) is 0 Å². The van der Waals surface area contributed by atoms with E-state index in [0.29, 0.717) is 12.2 Å². The first kappa shape index (κ1) is 18.7. The Morgan fingerprint density at radius 1 is 0.963 bits per heavy atom. The van der Waals surface area contributed by atoms with Crippen LogP contribution < -0.4 is 0 Å². The summed E-state index contributed by atoms with van der Waals surface area (Å²) in [6.45, 7) is 3.89. The van der Waals surface area contributed by atoms with Crippen molar-refractivity contribution in [3.63, 3.8) is 0 Å². The molecular formula is C21H28N4OS. The van der Waals surface area contributed by atoms with Gasteiger partial charge in [0.25, 0.3) is 0 Å². The Bertz CT molecular complexity index is 755. The van der Waals surface area contributed by atoms with E-state index in [1.807, 2.05) is 6.07 Å². The quantitative estimate of drug-likeness (QED) is 0.756. The van der Waals surface area contributed by atoms with E-state index in [4.69, 9.17) is 0 Å². The highest BCUT2D eigenvalue weighted by Gasteiger charge is 2.26. The summed E-state index contributed by atoms with van der Waals surface area (Å²) in [6, 6.07) is 10.5. The lowest BCUT2D eigenvalue weighted by Gasteiger charge is -2.26. The molecule has 1 atom stereocenters. The van der Waals surface area contributed by atoms with Crippen LogP contribution in [0.15, 0.2) is 35.5 Å². The standard InChI is InChI=1S/C21H28N4OS/c26-18-11-5-6-12-19(18)27-21-23-22-20(16-24-13-7-2-8-14-24)25(21)15-17-9-3-1-4-10-17/h1,3-4,9-10,19H,2,5-8,11-16H2. The molecule has 144 valence electrons. The third-order valence-electron chi connectivity index (χ3n) is 5.54. The number of Topliss-reactive ketones (excluding diaryl/α,β-unsaturated/α-hetero) is 1. The summed E-state index contributed by atoms with van der Waals surface area (Å²) < 4.78 is 2.23. The second kappa shape index (κ2) is 9.02. The number of benzene rings is 1. The predicted octanol–water partition coefficient (Wildman–Crippen LogP) is 3.92. The van der Waals surface area contributed by atoms with Crippen LogP contribution in [0.1, 0.15) is 56.3 Å². The second-order valence-electron chi connectivity index (χ2n) is 7.63. The highest BCUT2D eigenvalue weighted by atomic mass is 32.2. The van der Waals surface area contributed by atoms with Gasteiger partial charge in [0.05, 0.1) is 18.3 Å². The summed E-state index contributed by atoms with van der Waals surface area (Å²) >= 11 is 1.62. The van der Waals surface area contributed by atoms with Crippen molar-refractivity contribution in [1.29, 1.82) is 0 Å². The number of carbonyl (C=O) groups is 1. The third-order valence-corrected chi connectivity index (χ3v) is 6.83. The first-order valence-electron chi connectivity index (χ1n) is 10.2. The summed E-state index contributed by atoms with van der Waals surface area (Å²) in [6.07, 6.45) is 7.71. The van der Waals surface area contributed by atoms with Crippen LogP contribution in [0.4, 0.5) is 0 Å². The lowest BCUT2D eigenvalue weighted by molar-refractivity contribution is -0.119. The largest absolute Gasteiger partial charge is 0.300 e. The van der Waals surface area contributed by atoms with E-state index in [9.17, 15) is 4.79 Å². The predicted molar refractivity (Wildman–Crippen MR) is 108 cm³/mol. The molecule has 0 bridgehead atoms. The molecular weight excluding hydrogens is 356 g/mol. The Morgan fingerprint density at radius 3 is 2.56 bits per heavy atom. The van der Waals surface area contributed by atoms with Crippen LogP contribution >= 0.6 is 11.8 Å². The summed E-state index contributed by atoms with van der Waals surface area (Å²) in [5.41, 5.74) is 1.24. The van der Waals surface area contributed by atoms with Gasteiger partial charge in [-0.15, -0.1) is 10.2 Å². The van der Waals surface area contributed by atoms with Crippen LogP contribution in [0.25, 0.3) is 0 Å². The molecule has 1 aliphatic carbocycles. The Labute approximate surface area is 165 Å². The molecule has 1 unspecified atom stereocenters. The molecule has 27 heavy (non-hydrogen) atoms. The minimum absolute atomic E-state index is 0.0420. The molecule has 4 rings (SSSR count). The van der Waals surface area contributed by atoms with Gasteiger partial charge >= 0.3 is 0 Å². The number of nitrogens with zero attached hydrogens (tertiary/aromatic N) is 4. The number of hydrogen-bond donors (Lipinski definition) is 0. The smallest absolute Gasteiger partial charge is 0.192 e. The van der Waals surface area contributed by atoms with Crippen molar-refractivity contribution in [1.82, 2.24) is 19.7 Å². The van der Waals surface area contributed by atoms with Gasteiger partial charge in [0.15, 0.2) is 5.16 Å². The van der Waals surface area contributed by atoms with E-state index in [0.717, 1.165) is 56.4 Å². The van der Waals surface area contributed by atoms with Crippen LogP contribution in [0.2, 0.25) is 0 Å². The van der Waals surface area contributed by atoms with E-state index >= 15 is 0 Å². The highest BCUT2D eigenvalue weighted by Crippen LogP contribution is 2.31. The van der Waals surface area contributed by atoms with Gasteiger partial charge < -0.3 is 4.57 Å². The molecule has 0 radical (unpaired) electrons. The topological polar surface area (TPSA) is 51.0 Å². The fraction of sp³-hybridized carbons (Fsp3) is 0.571. The van der Waals surface area contributed by atoms with Gasteiger partial charge in [-0.3, -0.25) is 9.69 Å². The molecule has 0 spiro atoms. The number of likely N-dealkylation sites (tertiary alicyclic amines) is 1. The zero-order chi connectivity index (χ0) is 18.5. The van der Waals surface area contributed by atoms with Crippen molar-refractivity contribution in [3.8, 4) is 0 Å². The molecule has 1 aliphatic heterocycles. The first-order chi connectivity index (χ1) is 13.3. The van der Waals surface area contributed by atoms with Crippen molar-refractivity contribution in [2.45, 2.75) is 68.4 Å². The molecule has 0 amide bonds. The molecule has 1 saturated carbocycles. The number of thioether (sulfide) groups is 1. The Morgan fingerprint density at radius 2 is 1.78 bits per heavy atom. The second-order valence-corrected chi connectivity index (χ2v) is 8.80. The molecule has 2 heterocycles. The Balaban J connectivity index is 1.56. The van der Waals surface area contributed by atoms with Gasteiger partial charge in [-0.25, -0.2) is 0 Å². The van der Waals surface area contributed by atoms with E-state index in [1.165, 1.54) is 24.8 Å². The SMILES string of the molecule is O=C1CCCCC1Sc1nnc(CN2CCCCC2)n1Cc1ccccc1. The fourth-order valence-corrected chi connectivity index (χ4v) is 5.14. The van der Waals surface area contributed by atoms with Crippen molar-refractivity contribution >= 4 is 17.5 Å². The van der Waals surface area contributed by atoms with Gasteiger partial charge in [-0.05, 0) is 44.3 Å². The van der Waals surface area contributed by atoms with Gasteiger partial charge in [0.2, 0.25) is 0 Å². The maximum Gasteiger partial charge on any atom is 0.192 e. The summed E-state index contributed by atoms with van der Waals surface area (Å²) in [5, 5.41) is 9.98. The maximum atomic E-state index is 12.3. The lowest BCUT2D eigenvalue weighted by atomic mass is 9.99. The van der Waals surface area contributed by atoms with Crippen LogP contribution in [-0.4, -0.2) is 43.8 Å². The molecule has 1 aromatic heterocycles. The maximum absolute atomic E-state index is 12.3. The Kier molecular flexibility index (Phi) is 6.24. The fourth-order valence-electron chi connectivity index (χ4n) is 3.97. The van der Waals surface area contributed by atoms with Crippen LogP contribution in [0, 0.1) is 0 Å². The molecule has 2 fully saturated rings. The molecule has 1 saturated heterocycles. The number of piperidine rings is 1. The average Bonchev–Trinajstić information content (AvgIpc) is 3.06. The van der Waals surface area contributed by atoms with Crippen molar-refractivity contribution in [2.75, 3.05) is 13.1 Å². The summed E-state index contributed by atoms with van der Waals surface area (Å²) in [4.78, 5) is 14.8. The van der Waals surface area contributed by atoms with Gasteiger partial charge in [0, 0.05) is 6.42 Å². The van der Waals surface area contributed by atoms with Crippen LogP contribution in [-0.2, 0) is 17.9 Å². The Hall–Kier alpha value is -1.66.